The molecule has 2 heterocycles. The van der Waals surface area contributed by atoms with Crippen LogP contribution in [-0.4, -0.2) is 44.4 Å². The normalized spacial score (nSPS) is 46.3. The molecule has 1 saturated carbocycles. The Labute approximate surface area is 145 Å². The maximum Gasteiger partial charge on any atom is 0.119 e. The summed E-state index contributed by atoms with van der Waals surface area (Å²) in [6.45, 7) is 7.08. The van der Waals surface area contributed by atoms with E-state index in [2.05, 4.69) is 44.0 Å². The molecular weight excluding hydrogens is 298 g/mol. The summed E-state index contributed by atoms with van der Waals surface area (Å²) < 4.78 is 11.7. The number of fused-ring (bicyclic) bond motifs is 2. The molecule has 0 amide bonds. The van der Waals surface area contributed by atoms with Crippen LogP contribution in [0.1, 0.15) is 37.8 Å². The van der Waals surface area contributed by atoms with E-state index in [1.807, 2.05) is 0 Å². The smallest absolute Gasteiger partial charge is 0.119 e. The van der Waals surface area contributed by atoms with E-state index in [0.29, 0.717) is 23.5 Å². The molecule has 24 heavy (non-hydrogen) atoms. The largest absolute Gasteiger partial charge is 0.497 e. The zero-order valence-electron chi connectivity index (χ0n) is 15.3. The minimum atomic E-state index is 0.268. The predicted octanol–water partition coefficient (Wildman–Crippen LogP) is 3.25. The third-order valence-corrected chi connectivity index (χ3v) is 8.05. The zero-order chi connectivity index (χ0) is 16.7. The summed E-state index contributed by atoms with van der Waals surface area (Å²) in [5.74, 6) is 2.34. The van der Waals surface area contributed by atoms with Gasteiger partial charge in [0.15, 0.2) is 0 Å². The Kier molecular flexibility index (Phi) is 3.02. The van der Waals surface area contributed by atoms with Crippen molar-refractivity contribution in [2.24, 2.45) is 17.3 Å². The molecule has 2 saturated heterocycles. The zero-order valence-corrected chi connectivity index (χ0v) is 15.3. The van der Waals surface area contributed by atoms with Crippen LogP contribution < -0.4 is 4.74 Å². The van der Waals surface area contributed by atoms with Crippen LogP contribution in [0.2, 0.25) is 0 Å². The fourth-order valence-corrected chi connectivity index (χ4v) is 6.80. The van der Waals surface area contributed by atoms with Gasteiger partial charge in [0.05, 0.1) is 19.8 Å². The second-order valence-corrected chi connectivity index (χ2v) is 9.05. The van der Waals surface area contributed by atoms with Gasteiger partial charge in [-0.1, -0.05) is 19.9 Å². The molecule has 0 N–H and O–H groups in total. The van der Waals surface area contributed by atoms with E-state index in [1.54, 1.807) is 18.2 Å². The molecule has 5 rings (SSSR count). The number of ether oxygens (including phenoxy) is 2. The number of methoxy groups -OCH3 is 1. The lowest BCUT2D eigenvalue weighted by Crippen LogP contribution is -2.71. The van der Waals surface area contributed by atoms with E-state index in [9.17, 15) is 0 Å². The Bertz CT molecular complexity index is 688. The molecular formula is C21H29NO2. The van der Waals surface area contributed by atoms with Crippen LogP contribution in [0.5, 0.6) is 5.75 Å². The van der Waals surface area contributed by atoms with Crippen molar-refractivity contribution in [1.82, 2.24) is 4.90 Å². The minimum absolute atomic E-state index is 0.268. The number of likely N-dealkylation sites (tertiary alicyclic amines) is 1. The van der Waals surface area contributed by atoms with Crippen LogP contribution in [0.25, 0.3) is 0 Å². The highest BCUT2D eigenvalue weighted by atomic mass is 16.5. The highest BCUT2D eigenvalue weighted by Crippen LogP contribution is 2.64. The van der Waals surface area contributed by atoms with Gasteiger partial charge >= 0.3 is 0 Å². The van der Waals surface area contributed by atoms with Crippen LogP contribution in [0, 0.1) is 17.3 Å². The van der Waals surface area contributed by atoms with E-state index >= 15 is 0 Å². The molecule has 1 aromatic carbocycles. The molecule has 4 aliphatic rings. The lowest BCUT2D eigenvalue weighted by atomic mass is 9.43. The second-order valence-electron chi connectivity index (χ2n) is 9.05. The van der Waals surface area contributed by atoms with E-state index in [-0.39, 0.29) is 5.41 Å². The van der Waals surface area contributed by atoms with Gasteiger partial charge in [0.2, 0.25) is 0 Å². The molecule has 3 nitrogen and oxygen atoms in total. The molecule has 6 atom stereocenters. The minimum Gasteiger partial charge on any atom is -0.497 e. The van der Waals surface area contributed by atoms with Gasteiger partial charge in [-0.25, -0.2) is 0 Å². The summed E-state index contributed by atoms with van der Waals surface area (Å²) in [4.78, 5) is 2.63. The predicted molar refractivity (Wildman–Crippen MR) is 94.5 cm³/mol. The summed E-state index contributed by atoms with van der Waals surface area (Å²) in [6, 6.07) is 7.49. The molecule has 0 aromatic heterocycles. The topological polar surface area (TPSA) is 21.7 Å². The standard InChI is InChI=1S/C21H29NO2/c1-13-19-20(2,12-24-19)11-17-18-9-14-5-6-15(23-4)10-16(14)21(13,17)7-8-22(18)3/h5-6,10,13,17-19H,7-9,11-12H2,1-4H3/t13-,17?,18?,19?,20-,21?/m0/s1. The van der Waals surface area contributed by atoms with Crippen molar-refractivity contribution in [3.63, 3.8) is 0 Å². The summed E-state index contributed by atoms with van der Waals surface area (Å²) in [7, 11) is 4.12. The van der Waals surface area contributed by atoms with Gasteiger partial charge in [0, 0.05) is 16.9 Å². The molecule has 130 valence electrons. The van der Waals surface area contributed by atoms with Crippen molar-refractivity contribution in [2.45, 2.75) is 50.7 Å². The first-order valence-electron chi connectivity index (χ1n) is 9.49. The molecule has 0 spiro atoms. The number of hydrogen-bond donors (Lipinski definition) is 0. The molecule has 4 unspecified atom stereocenters. The second kappa shape index (κ2) is 4.76. The SMILES string of the molecule is COc1ccc2c(c1)C13CCN(C)C(C2)C1C[C@@]1(C)COC1[C@@H]3C. The van der Waals surface area contributed by atoms with Crippen molar-refractivity contribution in [2.75, 3.05) is 27.3 Å². The number of likely N-dealkylation sites (N-methyl/N-ethyl adjacent to an activating group) is 1. The lowest BCUT2D eigenvalue weighted by Gasteiger charge is -2.68. The van der Waals surface area contributed by atoms with Crippen LogP contribution in [0.3, 0.4) is 0 Å². The van der Waals surface area contributed by atoms with Crippen LogP contribution in [0.15, 0.2) is 18.2 Å². The molecule has 1 aromatic rings. The number of benzene rings is 1. The van der Waals surface area contributed by atoms with E-state index in [1.165, 1.54) is 25.8 Å². The van der Waals surface area contributed by atoms with Crippen molar-refractivity contribution < 1.29 is 9.47 Å². The lowest BCUT2D eigenvalue weighted by molar-refractivity contribution is -0.262. The van der Waals surface area contributed by atoms with Gasteiger partial charge in [0.25, 0.3) is 0 Å². The number of rotatable bonds is 1. The molecule has 2 aliphatic carbocycles. The van der Waals surface area contributed by atoms with Gasteiger partial charge in [-0.15, -0.1) is 0 Å². The third kappa shape index (κ3) is 1.65. The average Bonchev–Trinajstić information content (AvgIpc) is 2.56. The molecule has 0 radical (unpaired) electrons. The number of hydrogen-bond acceptors (Lipinski definition) is 3. The van der Waals surface area contributed by atoms with Crippen LogP contribution >= 0.6 is 0 Å². The summed E-state index contributed by atoms with van der Waals surface area (Å²) >= 11 is 0. The Morgan fingerprint density at radius 3 is 2.88 bits per heavy atom. The van der Waals surface area contributed by atoms with Crippen molar-refractivity contribution >= 4 is 0 Å². The number of nitrogens with zero attached hydrogens (tertiary/aromatic N) is 1. The van der Waals surface area contributed by atoms with E-state index in [4.69, 9.17) is 9.47 Å². The van der Waals surface area contributed by atoms with Gasteiger partial charge in [-0.2, -0.15) is 0 Å². The fraction of sp³-hybridized carbons (Fsp3) is 0.714. The van der Waals surface area contributed by atoms with Crippen molar-refractivity contribution in [1.29, 1.82) is 0 Å². The van der Waals surface area contributed by atoms with Crippen molar-refractivity contribution in [3.05, 3.63) is 29.3 Å². The molecule has 2 bridgehead atoms. The summed E-state index contributed by atoms with van der Waals surface area (Å²) in [5.41, 5.74) is 3.77. The molecule has 3 fully saturated rings. The van der Waals surface area contributed by atoms with Crippen LogP contribution in [0.4, 0.5) is 0 Å². The fourth-order valence-electron chi connectivity index (χ4n) is 6.80. The highest BCUT2D eigenvalue weighted by Gasteiger charge is 2.66. The monoisotopic (exact) mass is 327 g/mol. The van der Waals surface area contributed by atoms with Gasteiger partial charge < -0.3 is 14.4 Å². The Hall–Kier alpha value is -1.06. The summed E-state index contributed by atoms with van der Waals surface area (Å²) in [6.07, 6.45) is 4.18. The maximum atomic E-state index is 6.14. The van der Waals surface area contributed by atoms with Crippen LogP contribution in [-0.2, 0) is 16.6 Å². The van der Waals surface area contributed by atoms with E-state index < -0.39 is 0 Å². The Balaban J connectivity index is 1.71. The summed E-state index contributed by atoms with van der Waals surface area (Å²) in [5, 5.41) is 0. The highest BCUT2D eigenvalue weighted by molar-refractivity contribution is 5.47. The first-order valence-corrected chi connectivity index (χ1v) is 9.49. The maximum absolute atomic E-state index is 6.14. The first-order chi connectivity index (χ1) is 11.5. The Morgan fingerprint density at radius 2 is 2.17 bits per heavy atom. The molecule has 2 aliphatic heterocycles. The van der Waals surface area contributed by atoms with Gasteiger partial charge in [0.1, 0.15) is 5.75 Å². The third-order valence-electron chi connectivity index (χ3n) is 8.05. The number of piperidine rings is 1. The quantitative estimate of drug-likeness (QED) is 0.790. The average molecular weight is 327 g/mol. The van der Waals surface area contributed by atoms with Gasteiger partial charge in [-0.05, 0) is 68.0 Å². The Morgan fingerprint density at radius 1 is 1.33 bits per heavy atom. The van der Waals surface area contributed by atoms with E-state index in [0.717, 1.165) is 18.3 Å². The molecule has 3 heteroatoms. The van der Waals surface area contributed by atoms with Gasteiger partial charge in [-0.3, -0.25) is 0 Å². The van der Waals surface area contributed by atoms with Crippen molar-refractivity contribution in [3.8, 4) is 5.75 Å². The first kappa shape index (κ1) is 15.2.